The van der Waals surface area contributed by atoms with E-state index >= 15 is 0 Å². The number of nitrogens with zero attached hydrogens (tertiary/aromatic N) is 1. The standard InChI is InChI=1S/C18H16BrClN2O4/c1-10-3-13(4-11(2)18(10)20)24-8-17(23)22-21-7-12-5-15-16(6-14(12)19)26-9-25-15/h3-7H,8-9H2,1-2H3,(H,22,23). The van der Waals surface area contributed by atoms with Gasteiger partial charge in [-0.25, -0.2) is 5.43 Å². The number of halogens is 2. The molecule has 0 atom stereocenters. The number of aryl methyl sites for hydroxylation is 2. The highest BCUT2D eigenvalue weighted by Gasteiger charge is 2.15. The van der Waals surface area contributed by atoms with Crippen LogP contribution < -0.4 is 19.6 Å². The number of fused-ring (bicyclic) bond motifs is 1. The molecule has 26 heavy (non-hydrogen) atoms. The van der Waals surface area contributed by atoms with Crippen LogP contribution in [0.4, 0.5) is 0 Å². The Morgan fingerprint density at radius 3 is 2.62 bits per heavy atom. The summed E-state index contributed by atoms with van der Waals surface area (Å²) in [6, 6.07) is 7.14. The smallest absolute Gasteiger partial charge is 0.277 e. The molecule has 2 aromatic carbocycles. The molecule has 0 radical (unpaired) electrons. The van der Waals surface area contributed by atoms with E-state index in [1.165, 1.54) is 6.21 Å². The van der Waals surface area contributed by atoms with Gasteiger partial charge in [-0.1, -0.05) is 11.6 Å². The van der Waals surface area contributed by atoms with Crippen LogP contribution in [-0.4, -0.2) is 25.5 Å². The first-order chi connectivity index (χ1) is 12.4. The van der Waals surface area contributed by atoms with E-state index < -0.39 is 0 Å². The van der Waals surface area contributed by atoms with E-state index in [0.29, 0.717) is 22.3 Å². The second-order valence-electron chi connectivity index (χ2n) is 5.68. The molecule has 0 aliphatic carbocycles. The van der Waals surface area contributed by atoms with Crippen LogP contribution in [0.15, 0.2) is 33.8 Å². The third-order valence-electron chi connectivity index (χ3n) is 3.66. The molecule has 0 saturated carbocycles. The average molecular weight is 440 g/mol. The second kappa shape index (κ2) is 7.97. The molecule has 1 heterocycles. The first kappa shape index (κ1) is 18.5. The lowest BCUT2D eigenvalue weighted by Gasteiger charge is -2.09. The highest BCUT2D eigenvalue weighted by molar-refractivity contribution is 9.10. The average Bonchev–Trinajstić information content (AvgIpc) is 3.05. The molecule has 6 nitrogen and oxygen atoms in total. The Balaban J connectivity index is 1.55. The molecule has 2 aromatic rings. The molecular formula is C18H16BrClN2O4. The Bertz CT molecular complexity index is 863. The summed E-state index contributed by atoms with van der Waals surface area (Å²) in [7, 11) is 0. The van der Waals surface area contributed by atoms with E-state index in [2.05, 4.69) is 26.5 Å². The summed E-state index contributed by atoms with van der Waals surface area (Å²) in [6.07, 6.45) is 1.51. The van der Waals surface area contributed by atoms with Crippen molar-refractivity contribution in [3.63, 3.8) is 0 Å². The number of rotatable bonds is 5. The Labute approximate surface area is 164 Å². The van der Waals surface area contributed by atoms with Gasteiger partial charge >= 0.3 is 0 Å². The van der Waals surface area contributed by atoms with Crippen molar-refractivity contribution in [2.24, 2.45) is 5.10 Å². The van der Waals surface area contributed by atoms with Crippen LogP contribution in [0.2, 0.25) is 5.02 Å². The van der Waals surface area contributed by atoms with Crippen LogP contribution in [0.5, 0.6) is 17.2 Å². The third kappa shape index (κ3) is 4.28. The summed E-state index contributed by atoms with van der Waals surface area (Å²) < 4.78 is 16.9. The molecular weight excluding hydrogens is 424 g/mol. The minimum atomic E-state index is -0.372. The highest BCUT2D eigenvalue weighted by atomic mass is 79.9. The van der Waals surface area contributed by atoms with Gasteiger partial charge in [0.15, 0.2) is 18.1 Å². The number of hydrogen-bond acceptors (Lipinski definition) is 5. The number of hydrogen-bond donors (Lipinski definition) is 1. The number of ether oxygens (including phenoxy) is 3. The van der Waals surface area contributed by atoms with Crippen LogP contribution in [0, 0.1) is 13.8 Å². The maximum atomic E-state index is 11.9. The predicted molar refractivity (Wildman–Crippen MR) is 102 cm³/mol. The van der Waals surface area contributed by atoms with Crippen molar-refractivity contribution < 1.29 is 19.0 Å². The number of amides is 1. The fourth-order valence-corrected chi connectivity index (χ4v) is 2.91. The normalized spacial score (nSPS) is 12.5. The lowest BCUT2D eigenvalue weighted by atomic mass is 10.1. The largest absolute Gasteiger partial charge is 0.484 e. The summed E-state index contributed by atoms with van der Waals surface area (Å²) >= 11 is 9.54. The highest BCUT2D eigenvalue weighted by Crippen LogP contribution is 2.36. The van der Waals surface area contributed by atoms with Gasteiger partial charge in [0.2, 0.25) is 6.79 Å². The van der Waals surface area contributed by atoms with Gasteiger partial charge in [0.05, 0.1) is 6.21 Å². The Morgan fingerprint density at radius 2 is 1.92 bits per heavy atom. The van der Waals surface area contributed by atoms with Crippen molar-refractivity contribution >= 4 is 39.7 Å². The maximum absolute atomic E-state index is 11.9. The van der Waals surface area contributed by atoms with Crippen molar-refractivity contribution in [2.75, 3.05) is 13.4 Å². The zero-order valence-electron chi connectivity index (χ0n) is 14.1. The molecule has 8 heteroatoms. The quantitative estimate of drug-likeness (QED) is 0.565. The molecule has 1 amide bonds. The SMILES string of the molecule is Cc1cc(OCC(=O)NN=Cc2cc3c(cc2Br)OCO3)cc(C)c1Cl. The maximum Gasteiger partial charge on any atom is 0.277 e. The van der Waals surface area contributed by atoms with Gasteiger partial charge in [0, 0.05) is 15.1 Å². The summed E-state index contributed by atoms with van der Waals surface area (Å²) in [4.78, 5) is 11.9. The zero-order chi connectivity index (χ0) is 18.7. The van der Waals surface area contributed by atoms with Crippen molar-refractivity contribution in [3.8, 4) is 17.2 Å². The minimum Gasteiger partial charge on any atom is -0.484 e. The molecule has 3 rings (SSSR count). The van der Waals surface area contributed by atoms with E-state index in [-0.39, 0.29) is 19.3 Å². The number of nitrogens with one attached hydrogen (secondary N) is 1. The molecule has 136 valence electrons. The van der Waals surface area contributed by atoms with Gasteiger partial charge < -0.3 is 14.2 Å². The first-order valence-electron chi connectivity index (χ1n) is 7.74. The molecule has 0 saturated heterocycles. The van der Waals surface area contributed by atoms with Crippen LogP contribution in [-0.2, 0) is 4.79 Å². The van der Waals surface area contributed by atoms with E-state index in [0.717, 1.165) is 21.2 Å². The number of benzene rings is 2. The third-order valence-corrected chi connectivity index (χ3v) is 4.95. The van der Waals surface area contributed by atoms with Crippen molar-refractivity contribution in [2.45, 2.75) is 13.8 Å². The number of carbonyl (C=O) groups excluding carboxylic acids is 1. The molecule has 0 aromatic heterocycles. The summed E-state index contributed by atoms with van der Waals surface area (Å²) in [6.45, 7) is 3.81. The molecule has 0 bridgehead atoms. The summed E-state index contributed by atoms with van der Waals surface area (Å²) in [5, 5.41) is 4.63. The Hall–Kier alpha value is -2.25. The fourth-order valence-electron chi connectivity index (χ4n) is 2.38. The number of hydrazone groups is 1. The Morgan fingerprint density at radius 1 is 1.27 bits per heavy atom. The van der Waals surface area contributed by atoms with E-state index in [1.54, 1.807) is 24.3 Å². The van der Waals surface area contributed by atoms with E-state index in [1.807, 2.05) is 13.8 Å². The van der Waals surface area contributed by atoms with Crippen LogP contribution in [0.1, 0.15) is 16.7 Å². The molecule has 0 unspecified atom stereocenters. The zero-order valence-corrected chi connectivity index (χ0v) is 16.5. The number of carbonyl (C=O) groups is 1. The second-order valence-corrected chi connectivity index (χ2v) is 6.91. The minimum absolute atomic E-state index is 0.153. The van der Waals surface area contributed by atoms with Crippen LogP contribution in [0.25, 0.3) is 0 Å². The molecule has 1 aliphatic heterocycles. The first-order valence-corrected chi connectivity index (χ1v) is 8.91. The Kier molecular flexibility index (Phi) is 5.68. The summed E-state index contributed by atoms with van der Waals surface area (Å²) in [5.74, 6) is 1.52. The van der Waals surface area contributed by atoms with Crippen molar-refractivity contribution in [3.05, 3.63) is 50.5 Å². The van der Waals surface area contributed by atoms with Gasteiger partial charge in [-0.3, -0.25) is 4.79 Å². The fraction of sp³-hybridized carbons (Fsp3) is 0.222. The van der Waals surface area contributed by atoms with E-state index in [9.17, 15) is 4.79 Å². The van der Waals surface area contributed by atoms with Crippen molar-refractivity contribution in [1.82, 2.24) is 5.43 Å². The summed E-state index contributed by atoms with van der Waals surface area (Å²) in [5.41, 5.74) is 4.97. The lowest BCUT2D eigenvalue weighted by Crippen LogP contribution is -2.24. The van der Waals surface area contributed by atoms with E-state index in [4.69, 9.17) is 25.8 Å². The molecule has 0 spiro atoms. The van der Waals surface area contributed by atoms with Gasteiger partial charge in [0.1, 0.15) is 5.75 Å². The van der Waals surface area contributed by atoms with Gasteiger partial charge in [0.25, 0.3) is 5.91 Å². The van der Waals surface area contributed by atoms with Gasteiger partial charge in [-0.05, 0) is 65.2 Å². The predicted octanol–water partition coefficient (Wildman–Crippen LogP) is 3.98. The topological polar surface area (TPSA) is 69.2 Å². The van der Waals surface area contributed by atoms with Gasteiger partial charge in [-0.15, -0.1) is 0 Å². The lowest BCUT2D eigenvalue weighted by molar-refractivity contribution is -0.123. The van der Waals surface area contributed by atoms with Gasteiger partial charge in [-0.2, -0.15) is 5.10 Å². The monoisotopic (exact) mass is 438 g/mol. The molecule has 1 N–H and O–H groups in total. The molecule has 0 fully saturated rings. The molecule has 1 aliphatic rings. The van der Waals surface area contributed by atoms with Crippen LogP contribution in [0.3, 0.4) is 0 Å². The van der Waals surface area contributed by atoms with Crippen molar-refractivity contribution in [1.29, 1.82) is 0 Å². The van der Waals surface area contributed by atoms with Crippen LogP contribution >= 0.6 is 27.5 Å².